The second kappa shape index (κ2) is 5.90. The standard InChI is InChI=1S/C14H9ClFN5O/c15-10-2-3-12(21-8-17-7-19-21)11(5-10)20-14(22)9-1-4-13(16)18-6-9/h1-8H,(H,20,22). The van der Waals surface area contributed by atoms with Gasteiger partial charge in [0.05, 0.1) is 16.9 Å². The van der Waals surface area contributed by atoms with Crippen molar-refractivity contribution in [3.05, 3.63) is 65.7 Å². The van der Waals surface area contributed by atoms with Crippen molar-refractivity contribution in [2.45, 2.75) is 0 Å². The largest absolute Gasteiger partial charge is 0.320 e. The molecule has 1 amide bonds. The van der Waals surface area contributed by atoms with Crippen molar-refractivity contribution < 1.29 is 9.18 Å². The van der Waals surface area contributed by atoms with E-state index in [1.807, 2.05) is 0 Å². The van der Waals surface area contributed by atoms with Crippen molar-refractivity contribution in [2.24, 2.45) is 0 Å². The van der Waals surface area contributed by atoms with E-state index in [4.69, 9.17) is 11.6 Å². The topological polar surface area (TPSA) is 72.7 Å². The number of rotatable bonds is 3. The summed E-state index contributed by atoms with van der Waals surface area (Å²) in [7, 11) is 0. The average Bonchev–Trinajstić information content (AvgIpc) is 3.02. The Morgan fingerprint density at radius 3 is 2.82 bits per heavy atom. The van der Waals surface area contributed by atoms with Gasteiger partial charge in [0, 0.05) is 11.2 Å². The summed E-state index contributed by atoms with van der Waals surface area (Å²) < 4.78 is 14.3. The summed E-state index contributed by atoms with van der Waals surface area (Å²) in [6.45, 7) is 0. The van der Waals surface area contributed by atoms with Crippen LogP contribution in [0.5, 0.6) is 0 Å². The average molecular weight is 318 g/mol. The highest BCUT2D eigenvalue weighted by molar-refractivity contribution is 6.31. The monoisotopic (exact) mass is 317 g/mol. The lowest BCUT2D eigenvalue weighted by Crippen LogP contribution is -2.14. The number of carbonyl (C=O) groups excluding carboxylic acids is 1. The van der Waals surface area contributed by atoms with Gasteiger partial charge in [0.15, 0.2) is 0 Å². The number of hydrogen-bond donors (Lipinski definition) is 1. The molecule has 0 radical (unpaired) electrons. The molecule has 0 atom stereocenters. The molecule has 110 valence electrons. The lowest BCUT2D eigenvalue weighted by Gasteiger charge is -2.11. The Balaban J connectivity index is 1.93. The number of benzene rings is 1. The Morgan fingerprint density at radius 1 is 1.27 bits per heavy atom. The molecule has 0 bridgehead atoms. The molecule has 1 N–H and O–H groups in total. The van der Waals surface area contributed by atoms with Gasteiger partial charge in [-0.2, -0.15) is 9.49 Å². The zero-order valence-electron chi connectivity index (χ0n) is 11.1. The minimum atomic E-state index is -0.650. The zero-order valence-corrected chi connectivity index (χ0v) is 11.8. The maximum Gasteiger partial charge on any atom is 0.257 e. The number of nitrogens with zero attached hydrogens (tertiary/aromatic N) is 4. The smallest absolute Gasteiger partial charge is 0.257 e. The molecule has 0 fully saturated rings. The van der Waals surface area contributed by atoms with Gasteiger partial charge in [-0.25, -0.2) is 14.6 Å². The molecule has 22 heavy (non-hydrogen) atoms. The zero-order chi connectivity index (χ0) is 15.5. The third kappa shape index (κ3) is 2.94. The fourth-order valence-electron chi connectivity index (χ4n) is 1.85. The van der Waals surface area contributed by atoms with Gasteiger partial charge in [0.25, 0.3) is 5.91 Å². The molecule has 0 aliphatic heterocycles. The van der Waals surface area contributed by atoms with E-state index in [1.165, 1.54) is 23.4 Å². The van der Waals surface area contributed by atoms with Crippen molar-refractivity contribution in [3.8, 4) is 5.69 Å². The number of anilines is 1. The molecule has 2 aromatic heterocycles. The van der Waals surface area contributed by atoms with E-state index in [2.05, 4.69) is 20.4 Å². The maximum absolute atomic E-state index is 12.8. The Morgan fingerprint density at radius 2 is 2.14 bits per heavy atom. The van der Waals surface area contributed by atoms with Crippen LogP contribution in [-0.2, 0) is 0 Å². The van der Waals surface area contributed by atoms with Crippen molar-refractivity contribution in [1.29, 1.82) is 0 Å². The molecule has 6 nitrogen and oxygen atoms in total. The third-order valence-corrected chi connectivity index (χ3v) is 3.10. The second-order valence-electron chi connectivity index (χ2n) is 4.33. The summed E-state index contributed by atoms with van der Waals surface area (Å²) in [4.78, 5) is 19.5. The predicted molar refractivity (Wildman–Crippen MR) is 78.5 cm³/mol. The summed E-state index contributed by atoms with van der Waals surface area (Å²) in [5, 5.41) is 7.17. The molecule has 0 unspecified atom stereocenters. The molecule has 0 saturated heterocycles. The number of halogens is 2. The quantitative estimate of drug-likeness (QED) is 0.754. The Kier molecular flexibility index (Phi) is 3.80. The second-order valence-corrected chi connectivity index (χ2v) is 4.76. The lowest BCUT2D eigenvalue weighted by molar-refractivity contribution is 0.102. The minimum Gasteiger partial charge on any atom is -0.320 e. The fourth-order valence-corrected chi connectivity index (χ4v) is 2.02. The van der Waals surface area contributed by atoms with Crippen LogP contribution in [0.2, 0.25) is 5.02 Å². The molecule has 8 heteroatoms. The van der Waals surface area contributed by atoms with Crippen LogP contribution in [0.1, 0.15) is 10.4 Å². The highest BCUT2D eigenvalue weighted by Crippen LogP contribution is 2.24. The molecular weight excluding hydrogens is 309 g/mol. The highest BCUT2D eigenvalue weighted by Gasteiger charge is 2.12. The van der Waals surface area contributed by atoms with E-state index < -0.39 is 11.9 Å². The number of carbonyl (C=O) groups is 1. The number of amides is 1. The maximum atomic E-state index is 12.8. The number of pyridine rings is 1. The van der Waals surface area contributed by atoms with Gasteiger partial charge in [-0.05, 0) is 30.3 Å². The van der Waals surface area contributed by atoms with Gasteiger partial charge in [-0.3, -0.25) is 4.79 Å². The summed E-state index contributed by atoms with van der Waals surface area (Å²) in [5.74, 6) is -1.08. The molecule has 3 rings (SSSR count). The van der Waals surface area contributed by atoms with Gasteiger partial charge >= 0.3 is 0 Å². The molecule has 2 heterocycles. The number of aromatic nitrogens is 4. The van der Waals surface area contributed by atoms with Gasteiger partial charge < -0.3 is 5.32 Å². The lowest BCUT2D eigenvalue weighted by atomic mass is 10.2. The SMILES string of the molecule is O=C(Nc1cc(Cl)ccc1-n1cncn1)c1ccc(F)nc1. The van der Waals surface area contributed by atoms with Gasteiger partial charge in [0.1, 0.15) is 12.7 Å². The first-order chi connectivity index (χ1) is 10.6. The molecule has 0 aliphatic carbocycles. The van der Waals surface area contributed by atoms with Crippen LogP contribution in [0.3, 0.4) is 0 Å². The molecule has 3 aromatic rings. The van der Waals surface area contributed by atoms with E-state index in [9.17, 15) is 9.18 Å². The van der Waals surface area contributed by atoms with Crippen LogP contribution in [-0.4, -0.2) is 25.7 Å². The molecule has 0 aliphatic rings. The van der Waals surface area contributed by atoms with Crippen LogP contribution in [0.4, 0.5) is 10.1 Å². The van der Waals surface area contributed by atoms with E-state index in [1.54, 1.807) is 18.2 Å². The van der Waals surface area contributed by atoms with Crippen LogP contribution in [0.25, 0.3) is 5.69 Å². The van der Waals surface area contributed by atoms with Crippen molar-refractivity contribution in [1.82, 2.24) is 19.7 Å². The highest BCUT2D eigenvalue weighted by atomic mass is 35.5. The van der Waals surface area contributed by atoms with Gasteiger partial charge in [-0.1, -0.05) is 11.6 Å². The van der Waals surface area contributed by atoms with Crippen LogP contribution >= 0.6 is 11.6 Å². The first-order valence-electron chi connectivity index (χ1n) is 6.21. The van der Waals surface area contributed by atoms with Gasteiger partial charge in [0.2, 0.25) is 5.95 Å². The minimum absolute atomic E-state index is 0.228. The van der Waals surface area contributed by atoms with Crippen molar-refractivity contribution in [3.63, 3.8) is 0 Å². The Bertz CT molecular complexity index is 805. The third-order valence-electron chi connectivity index (χ3n) is 2.86. The Labute approximate surface area is 129 Å². The first kappa shape index (κ1) is 14.2. The summed E-state index contributed by atoms with van der Waals surface area (Å²) in [6.07, 6.45) is 4.03. The first-order valence-corrected chi connectivity index (χ1v) is 6.59. The fraction of sp³-hybridized carbons (Fsp3) is 0. The summed E-state index contributed by atoms with van der Waals surface area (Å²) in [6, 6.07) is 7.43. The predicted octanol–water partition coefficient (Wildman–Crippen LogP) is 2.71. The molecule has 0 spiro atoms. The van der Waals surface area contributed by atoms with Crippen molar-refractivity contribution >= 4 is 23.2 Å². The van der Waals surface area contributed by atoms with E-state index in [0.717, 1.165) is 12.3 Å². The van der Waals surface area contributed by atoms with E-state index in [0.29, 0.717) is 16.4 Å². The van der Waals surface area contributed by atoms with Crippen LogP contribution in [0.15, 0.2) is 49.2 Å². The van der Waals surface area contributed by atoms with Crippen LogP contribution < -0.4 is 5.32 Å². The van der Waals surface area contributed by atoms with Crippen LogP contribution in [0, 0.1) is 5.95 Å². The van der Waals surface area contributed by atoms with Crippen molar-refractivity contribution in [2.75, 3.05) is 5.32 Å². The molecular formula is C14H9ClFN5O. The number of hydrogen-bond acceptors (Lipinski definition) is 4. The summed E-state index contributed by atoms with van der Waals surface area (Å²) in [5.41, 5.74) is 1.28. The van der Waals surface area contributed by atoms with Gasteiger partial charge in [-0.15, -0.1) is 0 Å². The molecule has 0 saturated carbocycles. The Hall–Kier alpha value is -2.80. The molecule has 1 aromatic carbocycles. The normalized spacial score (nSPS) is 10.5. The number of nitrogens with one attached hydrogen (secondary N) is 1. The van der Waals surface area contributed by atoms with E-state index in [-0.39, 0.29) is 5.56 Å². The summed E-state index contributed by atoms with van der Waals surface area (Å²) >= 11 is 5.97. The van der Waals surface area contributed by atoms with E-state index >= 15 is 0 Å².